The maximum Gasteiger partial charge on any atom is 0.221 e. The first-order valence-corrected chi connectivity index (χ1v) is 7.62. The molecule has 2 rings (SSSR count). The lowest BCUT2D eigenvalue weighted by molar-refractivity contribution is -0.121. The van der Waals surface area contributed by atoms with Gasteiger partial charge in [-0.25, -0.2) is 0 Å². The fourth-order valence-corrected chi connectivity index (χ4v) is 3.55. The second-order valence-corrected chi connectivity index (χ2v) is 6.07. The molecule has 1 amide bonds. The average Bonchev–Trinajstić information content (AvgIpc) is 2.62. The number of hydrogen-bond donors (Lipinski definition) is 2. The number of thioether (sulfide) groups is 1. The zero-order chi connectivity index (χ0) is 11.4. The molecule has 3 nitrogen and oxygen atoms in total. The van der Waals surface area contributed by atoms with Gasteiger partial charge in [0.1, 0.15) is 0 Å². The Morgan fingerprint density at radius 2 is 2.19 bits per heavy atom. The largest absolute Gasteiger partial charge is 0.356 e. The van der Waals surface area contributed by atoms with Crippen LogP contribution in [0, 0.1) is 0 Å². The first-order valence-electron chi connectivity index (χ1n) is 6.33. The minimum Gasteiger partial charge on any atom is -0.356 e. The molecule has 1 saturated carbocycles. The van der Waals surface area contributed by atoms with Crippen LogP contribution >= 0.6 is 11.8 Å². The maximum absolute atomic E-state index is 11.4. The lowest BCUT2D eigenvalue weighted by atomic mass is 10.1. The molecule has 0 bridgehead atoms. The van der Waals surface area contributed by atoms with E-state index in [4.69, 9.17) is 0 Å². The van der Waals surface area contributed by atoms with Crippen LogP contribution in [0.1, 0.15) is 38.5 Å². The number of carbonyl (C=O) groups excluding carboxylic acids is 1. The van der Waals surface area contributed by atoms with Gasteiger partial charge in [-0.2, -0.15) is 11.8 Å². The van der Waals surface area contributed by atoms with Gasteiger partial charge in [-0.3, -0.25) is 4.79 Å². The second kappa shape index (κ2) is 5.92. The lowest BCUT2D eigenvalue weighted by Gasteiger charge is -2.20. The van der Waals surface area contributed by atoms with E-state index in [9.17, 15) is 4.79 Å². The van der Waals surface area contributed by atoms with Gasteiger partial charge in [0, 0.05) is 30.3 Å². The molecule has 1 aliphatic heterocycles. The highest BCUT2D eigenvalue weighted by atomic mass is 32.2. The summed E-state index contributed by atoms with van der Waals surface area (Å²) in [6.45, 7) is 0.856. The van der Waals surface area contributed by atoms with Crippen LogP contribution < -0.4 is 10.6 Å². The fourth-order valence-electron chi connectivity index (χ4n) is 2.76. The summed E-state index contributed by atoms with van der Waals surface area (Å²) in [5.41, 5.74) is 0. The van der Waals surface area contributed by atoms with E-state index in [-0.39, 0.29) is 5.91 Å². The molecule has 2 N–H and O–H groups in total. The van der Waals surface area contributed by atoms with Crippen molar-refractivity contribution in [1.82, 2.24) is 10.6 Å². The van der Waals surface area contributed by atoms with Gasteiger partial charge >= 0.3 is 0 Å². The molecule has 1 saturated heterocycles. The van der Waals surface area contributed by atoms with Crippen LogP contribution in [-0.4, -0.2) is 36.0 Å². The summed E-state index contributed by atoms with van der Waals surface area (Å²) in [6.07, 6.45) is 9.01. The standard InChI is InChI=1S/C12H22N2OS/c1-16-11-5-4-10(7-11)14-9-3-2-6-13-12(15)8-9/h9-11,14H,2-8H2,1H3,(H,13,15). The molecule has 0 radical (unpaired) electrons. The molecule has 0 spiro atoms. The summed E-state index contributed by atoms with van der Waals surface area (Å²) in [4.78, 5) is 11.4. The first-order chi connectivity index (χ1) is 7.78. The third kappa shape index (κ3) is 3.39. The SMILES string of the molecule is CSC1CCC(NC2CCCNC(=O)C2)C1. The Hall–Kier alpha value is -0.220. The van der Waals surface area contributed by atoms with Crippen LogP contribution in [-0.2, 0) is 4.79 Å². The van der Waals surface area contributed by atoms with Crippen LogP contribution in [0.4, 0.5) is 0 Å². The second-order valence-electron chi connectivity index (χ2n) is 4.93. The summed E-state index contributed by atoms with van der Waals surface area (Å²) in [6, 6.07) is 1.06. The maximum atomic E-state index is 11.4. The Kier molecular flexibility index (Phi) is 4.53. The zero-order valence-electron chi connectivity index (χ0n) is 10.00. The van der Waals surface area contributed by atoms with E-state index in [1.807, 2.05) is 11.8 Å². The molecule has 1 aliphatic carbocycles. The van der Waals surface area contributed by atoms with Crippen molar-refractivity contribution in [3.05, 3.63) is 0 Å². The van der Waals surface area contributed by atoms with Crippen molar-refractivity contribution in [3.63, 3.8) is 0 Å². The Morgan fingerprint density at radius 3 is 2.94 bits per heavy atom. The Labute approximate surface area is 102 Å². The molecule has 3 atom stereocenters. The van der Waals surface area contributed by atoms with E-state index in [0.717, 1.165) is 24.6 Å². The molecule has 2 aliphatic rings. The zero-order valence-corrected chi connectivity index (χ0v) is 10.8. The molecule has 92 valence electrons. The summed E-state index contributed by atoms with van der Waals surface area (Å²) in [5.74, 6) is 0.217. The number of carbonyl (C=O) groups is 1. The monoisotopic (exact) mass is 242 g/mol. The van der Waals surface area contributed by atoms with Gasteiger partial charge in [-0.1, -0.05) is 0 Å². The quantitative estimate of drug-likeness (QED) is 0.788. The number of hydrogen-bond acceptors (Lipinski definition) is 3. The average molecular weight is 242 g/mol. The molecule has 0 aromatic carbocycles. The molecule has 16 heavy (non-hydrogen) atoms. The van der Waals surface area contributed by atoms with Crippen LogP contribution in [0.15, 0.2) is 0 Å². The van der Waals surface area contributed by atoms with Gasteiger partial charge in [-0.05, 0) is 38.4 Å². The van der Waals surface area contributed by atoms with Gasteiger partial charge in [0.2, 0.25) is 5.91 Å². The minimum absolute atomic E-state index is 0.217. The normalized spacial score (nSPS) is 35.8. The van der Waals surface area contributed by atoms with Gasteiger partial charge < -0.3 is 10.6 Å². The number of amides is 1. The molecular formula is C12H22N2OS. The van der Waals surface area contributed by atoms with E-state index >= 15 is 0 Å². The summed E-state index contributed by atoms with van der Waals surface area (Å²) in [7, 11) is 0. The Balaban J connectivity index is 1.78. The highest BCUT2D eigenvalue weighted by molar-refractivity contribution is 7.99. The van der Waals surface area contributed by atoms with Gasteiger partial charge in [0.05, 0.1) is 0 Å². The molecule has 2 fully saturated rings. The van der Waals surface area contributed by atoms with Crippen molar-refractivity contribution in [3.8, 4) is 0 Å². The topological polar surface area (TPSA) is 41.1 Å². The third-order valence-electron chi connectivity index (χ3n) is 3.67. The van der Waals surface area contributed by atoms with Gasteiger partial charge in [-0.15, -0.1) is 0 Å². The number of rotatable bonds is 3. The van der Waals surface area contributed by atoms with Crippen molar-refractivity contribution in [2.45, 2.75) is 55.9 Å². The smallest absolute Gasteiger partial charge is 0.221 e. The molecule has 1 heterocycles. The summed E-state index contributed by atoms with van der Waals surface area (Å²) >= 11 is 1.98. The lowest BCUT2D eigenvalue weighted by Crippen LogP contribution is -2.38. The molecule has 3 unspecified atom stereocenters. The predicted octanol–water partition coefficient (Wildman–Crippen LogP) is 1.53. The third-order valence-corrected chi connectivity index (χ3v) is 4.77. The Morgan fingerprint density at radius 1 is 1.31 bits per heavy atom. The molecule has 0 aromatic rings. The van der Waals surface area contributed by atoms with E-state index in [2.05, 4.69) is 16.9 Å². The van der Waals surface area contributed by atoms with Crippen LogP contribution in [0.5, 0.6) is 0 Å². The van der Waals surface area contributed by atoms with Crippen molar-refractivity contribution >= 4 is 17.7 Å². The van der Waals surface area contributed by atoms with Crippen LogP contribution in [0.3, 0.4) is 0 Å². The van der Waals surface area contributed by atoms with E-state index in [1.165, 1.54) is 19.3 Å². The molecule has 0 aromatic heterocycles. The minimum atomic E-state index is 0.217. The van der Waals surface area contributed by atoms with E-state index in [1.54, 1.807) is 0 Å². The van der Waals surface area contributed by atoms with Crippen molar-refractivity contribution in [2.24, 2.45) is 0 Å². The summed E-state index contributed by atoms with van der Waals surface area (Å²) < 4.78 is 0. The van der Waals surface area contributed by atoms with Crippen LogP contribution in [0.2, 0.25) is 0 Å². The van der Waals surface area contributed by atoms with Crippen molar-refractivity contribution < 1.29 is 4.79 Å². The highest BCUT2D eigenvalue weighted by Crippen LogP contribution is 2.28. The highest BCUT2D eigenvalue weighted by Gasteiger charge is 2.27. The van der Waals surface area contributed by atoms with Crippen molar-refractivity contribution in [1.29, 1.82) is 0 Å². The summed E-state index contributed by atoms with van der Waals surface area (Å²) in [5, 5.41) is 7.45. The van der Waals surface area contributed by atoms with Crippen molar-refractivity contribution in [2.75, 3.05) is 12.8 Å². The first kappa shape index (κ1) is 12.2. The molecular weight excluding hydrogens is 220 g/mol. The number of nitrogens with one attached hydrogen (secondary N) is 2. The Bertz CT molecular complexity index is 247. The van der Waals surface area contributed by atoms with E-state index < -0.39 is 0 Å². The van der Waals surface area contributed by atoms with Gasteiger partial charge in [0.25, 0.3) is 0 Å². The fraction of sp³-hybridized carbons (Fsp3) is 0.917. The van der Waals surface area contributed by atoms with Crippen LogP contribution in [0.25, 0.3) is 0 Å². The predicted molar refractivity (Wildman–Crippen MR) is 68.7 cm³/mol. The van der Waals surface area contributed by atoms with E-state index in [0.29, 0.717) is 18.5 Å². The molecule has 4 heteroatoms. The van der Waals surface area contributed by atoms with Gasteiger partial charge in [0.15, 0.2) is 0 Å².